The van der Waals surface area contributed by atoms with Crippen LogP contribution in [-0.4, -0.2) is 24.6 Å². The Balaban J connectivity index is 1.54. The van der Waals surface area contributed by atoms with Crippen LogP contribution in [0.15, 0.2) is 23.8 Å². The molecule has 4 nitrogen and oxygen atoms in total. The highest BCUT2D eigenvalue weighted by atomic mass is 16.5. The van der Waals surface area contributed by atoms with Gasteiger partial charge in [-0.2, -0.15) is 0 Å². The van der Waals surface area contributed by atoms with E-state index in [2.05, 4.69) is 66.7 Å². The lowest BCUT2D eigenvalue weighted by atomic mass is 9.34. The van der Waals surface area contributed by atoms with Crippen molar-refractivity contribution in [3.63, 3.8) is 0 Å². The average Bonchev–Trinajstić information content (AvgIpc) is 2.80. The third kappa shape index (κ3) is 3.89. The Morgan fingerprint density at radius 3 is 2.24 bits per heavy atom. The van der Waals surface area contributed by atoms with Crippen molar-refractivity contribution >= 4 is 11.9 Å². The second-order valence-corrected chi connectivity index (χ2v) is 15.9. The predicted octanol–water partition coefficient (Wildman–Crippen LogP) is 8.06. The number of esters is 2. The third-order valence-electron chi connectivity index (χ3n) is 13.0. The maximum absolute atomic E-state index is 11.9. The van der Waals surface area contributed by atoms with Crippen molar-refractivity contribution in [3.05, 3.63) is 23.8 Å². The highest BCUT2D eigenvalue weighted by Gasteiger charge is 2.67. The number of carbonyl (C=O) groups is 2. The molecule has 0 amide bonds. The van der Waals surface area contributed by atoms with Crippen molar-refractivity contribution in [2.75, 3.05) is 6.61 Å². The highest BCUT2D eigenvalue weighted by Crippen LogP contribution is 2.74. The second kappa shape index (κ2) is 8.71. The molecule has 0 bridgehead atoms. The van der Waals surface area contributed by atoms with Gasteiger partial charge in [0, 0.05) is 30.1 Å². The van der Waals surface area contributed by atoms with Crippen LogP contribution in [0.3, 0.4) is 0 Å². The molecular formula is C34H52O4. The topological polar surface area (TPSA) is 52.6 Å². The minimum Gasteiger partial charge on any atom is -0.465 e. The van der Waals surface area contributed by atoms with Crippen LogP contribution in [0.25, 0.3) is 0 Å². The molecule has 0 aliphatic heterocycles. The van der Waals surface area contributed by atoms with E-state index in [-0.39, 0.29) is 50.5 Å². The molecule has 0 saturated heterocycles. The Morgan fingerprint density at radius 1 is 0.868 bits per heavy atom. The smallest absolute Gasteiger partial charge is 0.302 e. The summed E-state index contributed by atoms with van der Waals surface area (Å²) in [5.74, 6) is 1.22. The van der Waals surface area contributed by atoms with Crippen molar-refractivity contribution in [2.45, 2.75) is 120 Å². The molecule has 3 fully saturated rings. The fraction of sp³-hybridized carbons (Fsp3) is 0.824. The first kappa shape index (κ1) is 28.0. The second-order valence-electron chi connectivity index (χ2n) is 15.9. The number of allylic oxidation sites excluding steroid dienone is 3. The standard InChI is InChI=1S/C34H52O4/c1-22(35)37-21-34-18-16-29(3,4)20-25(34)24-10-11-27-31(7)14-13-28(38-23(2)36)30(5,6)26(31)12-15-33(27,9)32(24,8)17-19-34/h10,17,19,25-28H,11-16,18,20-21H2,1-9H3/t25-,26-,27+,28-,31-,32+,33+,34+/m1/s1. The van der Waals surface area contributed by atoms with E-state index in [1.807, 2.05) is 0 Å². The molecule has 0 aromatic heterocycles. The maximum Gasteiger partial charge on any atom is 0.302 e. The Kier molecular flexibility index (Phi) is 6.41. The van der Waals surface area contributed by atoms with Crippen LogP contribution in [0.4, 0.5) is 0 Å². The van der Waals surface area contributed by atoms with Crippen molar-refractivity contribution in [3.8, 4) is 0 Å². The van der Waals surface area contributed by atoms with Crippen molar-refractivity contribution < 1.29 is 19.1 Å². The molecule has 0 aromatic rings. The van der Waals surface area contributed by atoms with Crippen LogP contribution in [-0.2, 0) is 19.1 Å². The summed E-state index contributed by atoms with van der Waals surface area (Å²) in [7, 11) is 0. The minimum atomic E-state index is -0.174. The van der Waals surface area contributed by atoms with E-state index in [4.69, 9.17) is 9.47 Å². The van der Waals surface area contributed by atoms with Gasteiger partial charge in [-0.3, -0.25) is 9.59 Å². The normalized spacial score (nSPS) is 46.4. The Hall–Kier alpha value is -1.58. The van der Waals surface area contributed by atoms with Crippen LogP contribution in [0.5, 0.6) is 0 Å². The van der Waals surface area contributed by atoms with Gasteiger partial charge in [0.2, 0.25) is 0 Å². The van der Waals surface area contributed by atoms with Crippen LogP contribution in [0.1, 0.15) is 114 Å². The van der Waals surface area contributed by atoms with Crippen LogP contribution < -0.4 is 0 Å². The zero-order valence-electron chi connectivity index (χ0n) is 25.5. The molecule has 8 atom stereocenters. The molecular weight excluding hydrogens is 472 g/mol. The van der Waals surface area contributed by atoms with Gasteiger partial charge in [-0.05, 0) is 85.4 Å². The number of rotatable bonds is 3. The molecule has 0 N–H and O–H groups in total. The lowest BCUT2D eigenvalue weighted by Crippen LogP contribution is -2.64. The quantitative estimate of drug-likeness (QED) is 0.277. The molecule has 5 aliphatic rings. The molecule has 5 rings (SSSR count). The first-order valence-electron chi connectivity index (χ1n) is 15.2. The number of hydrogen-bond donors (Lipinski definition) is 0. The van der Waals surface area contributed by atoms with E-state index < -0.39 is 0 Å². The predicted molar refractivity (Wildman–Crippen MR) is 151 cm³/mol. The van der Waals surface area contributed by atoms with Gasteiger partial charge in [0.05, 0.1) is 0 Å². The van der Waals surface area contributed by atoms with Gasteiger partial charge in [-0.1, -0.05) is 72.3 Å². The van der Waals surface area contributed by atoms with Gasteiger partial charge in [-0.25, -0.2) is 0 Å². The van der Waals surface area contributed by atoms with Crippen LogP contribution >= 0.6 is 0 Å². The number of carbonyl (C=O) groups excluding carboxylic acids is 2. The van der Waals surface area contributed by atoms with Gasteiger partial charge in [0.25, 0.3) is 0 Å². The summed E-state index contributed by atoms with van der Waals surface area (Å²) in [6, 6.07) is 0. The van der Waals surface area contributed by atoms with Gasteiger partial charge in [-0.15, -0.1) is 0 Å². The number of fused-ring (bicyclic) bond motifs is 7. The maximum atomic E-state index is 11.9. The molecule has 0 aromatic carbocycles. The molecule has 0 unspecified atom stereocenters. The summed E-state index contributed by atoms with van der Waals surface area (Å²) in [6.45, 7) is 20.8. The first-order valence-corrected chi connectivity index (χ1v) is 15.2. The summed E-state index contributed by atoms with van der Waals surface area (Å²) in [6.07, 6.45) is 16.7. The lowest BCUT2D eigenvalue weighted by molar-refractivity contribution is -0.203. The first-order chi connectivity index (χ1) is 17.5. The largest absolute Gasteiger partial charge is 0.465 e. The fourth-order valence-electron chi connectivity index (χ4n) is 10.7. The van der Waals surface area contributed by atoms with Crippen molar-refractivity contribution in [1.29, 1.82) is 0 Å². The zero-order chi connectivity index (χ0) is 27.9. The van der Waals surface area contributed by atoms with E-state index in [0.29, 0.717) is 24.4 Å². The monoisotopic (exact) mass is 524 g/mol. The molecule has 5 aliphatic carbocycles. The minimum absolute atomic E-state index is 0.00141. The molecule has 0 heterocycles. The van der Waals surface area contributed by atoms with Crippen molar-refractivity contribution in [2.24, 2.45) is 50.2 Å². The molecule has 0 spiro atoms. The third-order valence-corrected chi connectivity index (χ3v) is 13.0. The molecule has 0 radical (unpaired) electrons. The van der Waals surface area contributed by atoms with E-state index in [1.54, 1.807) is 12.5 Å². The number of hydrogen-bond acceptors (Lipinski definition) is 4. The van der Waals surface area contributed by atoms with Crippen LogP contribution in [0, 0.1) is 50.2 Å². The van der Waals surface area contributed by atoms with E-state index in [1.165, 1.54) is 19.8 Å². The van der Waals surface area contributed by atoms with Gasteiger partial charge >= 0.3 is 11.9 Å². The summed E-state index contributed by atoms with van der Waals surface area (Å²) < 4.78 is 11.6. The van der Waals surface area contributed by atoms with E-state index in [9.17, 15) is 9.59 Å². The zero-order valence-corrected chi connectivity index (χ0v) is 25.5. The van der Waals surface area contributed by atoms with Crippen molar-refractivity contribution in [1.82, 2.24) is 0 Å². The SMILES string of the molecule is CC(=O)OC[C@]12C=C[C@@]3(C)C(=CC[C@H]4[C@]5(C)CC[C@@H](OC(C)=O)C(C)(C)[C@H]5CC[C@@]43C)[C@H]1CC(C)(C)CC2. The lowest BCUT2D eigenvalue weighted by Gasteiger charge is -2.70. The van der Waals surface area contributed by atoms with Gasteiger partial charge < -0.3 is 9.47 Å². The Morgan fingerprint density at radius 2 is 1.58 bits per heavy atom. The van der Waals surface area contributed by atoms with Gasteiger partial charge in [0.1, 0.15) is 12.7 Å². The van der Waals surface area contributed by atoms with E-state index in [0.717, 1.165) is 38.5 Å². The Labute approximate surface area is 231 Å². The molecule has 38 heavy (non-hydrogen) atoms. The van der Waals surface area contributed by atoms with E-state index >= 15 is 0 Å². The molecule has 3 saturated carbocycles. The highest BCUT2D eigenvalue weighted by molar-refractivity contribution is 5.66. The van der Waals surface area contributed by atoms with Crippen LogP contribution in [0.2, 0.25) is 0 Å². The summed E-state index contributed by atoms with van der Waals surface area (Å²) in [4.78, 5) is 23.8. The molecule has 212 valence electrons. The summed E-state index contributed by atoms with van der Waals surface area (Å²) in [5.41, 5.74) is 2.17. The Bertz CT molecular complexity index is 1070. The fourth-order valence-corrected chi connectivity index (χ4v) is 10.7. The number of ether oxygens (including phenoxy) is 2. The summed E-state index contributed by atoms with van der Waals surface area (Å²) in [5, 5.41) is 0. The summed E-state index contributed by atoms with van der Waals surface area (Å²) >= 11 is 0. The average molecular weight is 525 g/mol. The molecule has 4 heteroatoms. The van der Waals surface area contributed by atoms with Gasteiger partial charge in [0.15, 0.2) is 0 Å².